The Labute approximate surface area is 141 Å². The molecule has 1 aliphatic heterocycles. The number of carbonyl (C=O) groups is 2. The van der Waals surface area contributed by atoms with Crippen LogP contribution in [0.5, 0.6) is 11.5 Å². The number of carbonyl (C=O) groups excluding carboxylic acids is 2. The van der Waals surface area contributed by atoms with E-state index in [0.29, 0.717) is 25.1 Å². The molecule has 1 saturated heterocycles. The van der Waals surface area contributed by atoms with Gasteiger partial charge >= 0.3 is 0 Å². The van der Waals surface area contributed by atoms with Crippen LogP contribution in [0, 0.1) is 6.92 Å². The highest BCUT2D eigenvalue weighted by Crippen LogP contribution is 2.25. The molecule has 24 heavy (non-hydrogen) atoms. The van der Waals surface area contributed by atoms with Gasteiger partial charge in [0, 0.05) is 18.5 Å². The summed E-state index contributed by atoms with van der Waals surface area (Å²) in [5.41, 5.74) is 2.05. The fourth-order valence-corrected chi connectivity index (χ4v) is 2.60. The highest BCUT2D eigenvalue weighted by molar-refractivity contribution is 5.90. The lowest BCUT2D eigenvalue weighted by Crippen LogP contribution is -2.41. The van der Waals surface area contributed by atoms with Crippen molar-refractivity contribution in [2.45, 2.75) is 32.4 Å². The summed E-state index contributed by atoms with van der Waals surface area (Å²) >= 11 is 0. The van der Waals surface area contributed by atoms with E-state index in [1.54, 1.807) is 0 Å². The quantitative estimate of drug-likeness (QED) is 0.888. The summed E-state index contributed by atoms with van der Waals surface area (Å²) in [6.07, 6.45) is 0.956. The maximum absolute atomic E-state index is 12.1. The summed E-state index contributed by atoms with van der Waals surface area (Å²) < 4.78 is 5.92. The molecule has 0 spiro atoms. The molecule has 0 aliphatic carbocycles. The van der Waals surface area contributed by atoms with E-state index < -0.39 is 6.04 Å². The van der Waals surface area contributed by atoms with Gasteiger partial charge in [0.05, 0.1) is 0 Å². The highest BCUT2D eigenvalue weighted by atomic mass is 16.5. The first-order valence-electron chi connectivity index (χ1n) is 8.01. The number of para-hydroxylation sites is 1. The minimum atomic E-state index is -0.428. The monoisotopic (exact) mass is 324 g/mol. The molecule has 0 radical (unpaired) electrons. The van der Waals surface area contributed by atoms with Gasteiger partial charge in [-0.15, -0.1) is 0 Å². The van der Waals surface area contributed by atoms with Crippen molar-refractivity contribution in [3.63, 3.8) is 0 Å². The van der Waals surface area contributed by atoms with E-state index in [-0.39, 0.29) is 11.8 Å². The van der Waals surface area contributed by atoms with E-state index in [9.17, 15) is 9.59 Å². The lowest BCUT2D eigenvalue weighted by atomic mass is 10.1. The maximum atomic E-state index is 12.1. The molecule has 2 N–H and O–H groups in total. The van der Waals surface area contributed by atoms with Gasteiger partial charge in [-0.1, -0.05) is 35.9 Å². The van der Waals surface area contributed by atoms with Crippen LogP contribution >= 0.6 is 0 Å². The molecular weight excluding hydrogens is 304 g/mol. The molecule has 0 saturated carbocycles. The second-order valence-corrected chi connectivity index (χ2v) is 5.90. The average Bonchev–Trinajstić information content (AvgIpc) is 3.02. The summed E-state index contributed by atoms with van der Waals surface area (Å²) in [5, 5.41) is 5.53. The number of amides is 2. The fourth-order valence-electron chi connectivity index (χ4n) is 2.60. The third-order valence-corrected chi connectivity index (χ3v) is 3.99. The molecule has 2 aromatic carbocycles. The normalized spacial score (nSPS) is 16.5. The third-order valence-electron chi connectivity index (χ3n) is 3.99. The van der Waals surface area contributed by atoms with Crippen molar-refractivity contribution in [1.82, 2.24) is 10.6 Å². The first-order valence-corrected chi connectivity index (χ1v) is 8.01. The Morgan fingerprint density at radius 3 is 2.67 bits per heavy atom. The Hall–Kier alpha value is -2.82. The van der Waals surface area contributed by atoms with Gasteiger partial charge in [0.2, 0.25) is 11.8 Å². The predicted molar refractivity (Wildman–Crippen MR) is 90.7 cm³/mol. The summed E-state index contributed by atoms with van der Waals surface area (Å²) in [6, 6.07) is 15.0. The molecule has 3 rings (SSSR count). The van der Waals surface area contributed by atoms with Gasteiger partial charge in [-0.25, -0.2) is 0 Å². The molecule has 1 fully saturated rings. The predicted octanol–water partition coefficient (Wildman–Crippen LogP) is 2.68. The Morgan fingerprint density at radius 2 is 1.96 bits per heavy atom. The van der Waals surface area contributed by atoms with E-state index in [1.807, 2.05) is 55.5 Å². The molecule has 0 bridgehead atoms. The van der Waals surface area contributed by atoms with Crippen molar-refractivity contribution in [1.29, 1.82) is 0 Å². The molecule has 5 nitrogen and oxygen atoms in total. The van der Waals surface area contributed by atoms with E-state index in [4.69, 9.17) is 4.74 Å². The second-order valence-electron chi connectivity index (χ2n) is 5.90. The molecular formula is C19H20N2O3. The minimum absolute atomic E-state index is 0.0711. The average molecular weight is 324 g/mol. The molecule has 1 heterocycles. The fraction of sp³-hybridized carbons (Fsp3) is 0.263. The van der Waals surface area contributed by atoms with Crippen LogP contribution in [0.25, 0.3) is 0 Å². The van der Waals surface area contributed by atoms with E-state index >= 15 is 0 Å². The summed E-state index contributed by atoms with van der Waals surface area (Å²) in [4.78, 5) is 23.3. The lowest BCUT2D eigenvalue weighted by molar-refractivity contribution is -0.125. The SMILES string of the molecule is Cc1ccc(Oc2ccccc2CNC(=O)[C@H]2CCC(=O)N2)cc1. The van der Waals surface area contributed by atoms with Crippen LogP contribution in [-0.2, 0) is 16.1 Å². The number of rotatable bonds is 5. The van der Waals surface area contributed by atoms with Crippen molar-refractivity contribution in [2.75, 3.05) is 0 Å². The molecule has 0 aromatic heterocycles. The zero-order valence-corrected chi connectivity index (χ0v) is 13.5. The van der Waals surface area contributed by atoms with Gasteiger partial charge < -0.3 is 15.4 Å². The van der Waals surface area contributed by atoms with Crippen molar-refractivity contribution >= 4 is 11.8 Å². The molecule has 124 valence electrons. The maximum Gasteiger partial charge on any atom is 0.242 e. The highest BCUT2D eigenvalue weighted by Gasteiger charge is 2.26. The molecule has 2 amide bonds. The topological polar surface area (TPSA) is 67.4 Å². The van der Waals surface area contributed by atoms with E-state index in [0.717, 1.165) is 11.3 Å². The van der Waals surface area contributed by atoms with Gasteiger partial charge in [0.1, 0.15) is 17.5 Å². The van der Waals surface area contributed by atoms with Crippen LogP contribution in [0.2, 0.25) is 0 Å². The third kappa shape index (κ3) is 3.93. The molecule has 0 unspecified atom stereocenters. The molecule has 2 aromatic rings. The van der Waals surface area contributed by atoms with E-state index in [1.165, 1.54) is 5.56 Å². The lowest BCUT2D eigenvalue weighted by Gasteiger charge is -2.14. The largest absolute Gasteiger partial charge is 0.457 e. The van der Waals surface area contributed by atoms with Crippen LogP contribution in [0.4, 0.5) is 0 Å². The minimum Gasteiger partial charge on any atom is -0.457 e. The van der Waals surface area contributed by atoms with Crippen molar-refractivity contribution in [3.8, 4) is 11.5 Å². The second kappa shape index (κ2) is 7.17. The number of nitrogens with one attached hydrogen (secondary N) is 2. The Balaban J connectivity index is 1.64. The Kier molecular flexibility index (Phi) is 4.79. The number of ether oxygens (including phenoxy) is 1. The number of hydrogen-bond acceptors (Lipinski definition) is 3. The van der Waals surface area contributed by atoms with Gasteiger partial charge in [0.25, 0.3) is 0 Å². The first kappa shape index (κ1) is 16.1. The van der Waals surface area contributed by atoms with Crippen molar-refractivity contribution in [3.05, 3.63) is 59.7 Å². The molecule has 1 aliphatic rings. The van der Waals surface area contributed by atoms with Gasteiger partial charge in [0.15, 0.2) is 0 Å². The van der Waals surface area contributed by atoms with Crippen LogP contribution < -0.4 is 15.4 Å². The van der Waals surface area contributed by atoms with Crippen molar-refractivity contribution < 1.29 is 14.3 Å². The van der Waals surface area contributed by atoms with Gasteiger partial charge in [-0.3, -0.25) is 9.59 Å². The zero-order valence-electron chi connectivity index (χ0n) is 13.5. The number of aryl methyl sites for hydroxylation is 1. The summed E-state index contributed by atoms with van der Waals surface area (Å²) in [6.45, 7) is 2.38. The molecule has 5 heteroatoms. The first-order chi connectivity index (χ1) is 11.6. The Morgan fingerprint density at radius 1 is 1.21 bits per heavy atom. The summed E-state index contributed by atoms with van der Waals surface area (Å²) in [7, 11) is 0. The molecule has 1 atom stereocenters. The van der Waals surface area contributed by atoms with Gasteiger partial charge in [-0.2, -0.15) is 0 Å². The van der Waals surface area contributed by atoms with Crippen LogP contribution in [-0.4, -0.2) is 17.9 Å². The van der Waals surface area contributed by atoms with E-state index in [2.05, 4.69) is 10.6 Å². The van der Waals surface area contributed by atoms with Crippen LogP contribution in [0.3, 0.4) is 0 Å². The number of benzene rings is 2. The standard InChI is InChI=1S/C19H20N2O3/c1-13-6-8-15(9-7-13)24-17-5-3-2-4-14(17)12-20-19(23)16-10-11-18(22)21-16/h2-9,16H,10-12H2,1H3,(H,20,23)(H,21,22)/t16-/m1/s1. The summed E-state index contributed by atoms with van der Waals surface area (Å²) in [5.74, 6) is 1.23. The zero-order chi connectivity index (χ0) is 16.9. The van der Waals surface area contributed by atoms with Crippen LogP contribution in [0.1, 0.15) is 24.0 Å². The van der Waals surface area contributed by atoms with Crippen LogP contribution in [0.15, 0.2) is 48.5 Å². The Bertz CT molecular complexity index is 741. The smallest absolute Gasteiger partial charge is 0.242 e. The number of hydrogen-bond donors (Lipinski definition) is 2. The van der Waals surface area contributed by atoms with Crippen molar-refractivity contribution in [2.24, 2.45) is 0 Å². The van der Waals surface area contributed by atoms with Gasteiger partial charge in [-0.05, 0) is 31.5 Å².